The quantitative estimate of drug-likeness (QED) is 0.453. The highest BCUT2D eigenvalue weighted by Crippen LogP contribution is 2.27. The number of thioether (sulfide) groups is 1. The van der Waals surface area contributed by atoms with Gasteiger partial charge in [-0.15, -0.1) is 24.0 Å². The number of hydrogen-bond donors (Lipinski definition) is 1. The summed E-state index contributed by atoms with van der Waals surface area (Å²) in [5.41, 5.74) is 6.21. The van der Waals surface area contributed by atoms with Crippen molar-refractivity contribution in [2.24, 2.45) is 16.1 Å². The summed E-state index contributed by atoms with van der Waals surface area (Å²) in [6, 6.07) is 0. The lowest BCUT2D eigenvalue weighted by atomic mass is 9.90. The van der Waals surface area contributed by atoms with E-state index >= 15 is 0 Å². The van der Waals surface area contributed by atoms with Crippen LogP contribution in [0.3, 0.4) is 0 Å². The zero-order valence-corrected chi connectivity index (χ0v) is 13.5. The second-order valence-electron chi connectivity index (χ2n) is 4.89. The fourth-order valence-electron chi connectivity index (χ4n) is 2.00. The predicted octanol–water partition coefficient (Wildman–Crippen LogP) is 1.39. The molecule has 0 spiro atoms. The van der Waals surface area contributed by atoms with Crippen LogP contribution in [0.4, 0.5) is 0 Å². The van der Waals surface area contributed by atoms with Crippen molar-refractivity contribution in [3.8, 4) is 0 Å². The highest BCUT2D eigenvalue weighted by Gasteiger charge is 2.29. The number of guanidine groups is 1. The fourth-order valence-corrected chi connectivity index (χ4v) is 2.90. The first-order valence-corrected chi connectivity index (χ1v) is 7.05. The molecule has 0 amide bonds. The monoisotopic (exact) mass is 371 g/mol. The number of aliphatic imine (C=N–C) groups is 1. The summed E-state index contributed by atoms with van der Waals surface area (Å²) < 4.78 is 5.41. The van der Waals surface area contributed by atoms with Crippen molar-refractivity contribution in [2.75, 3.05) is 44.4 Å². The van der Waals surface area contributed by atoms with E-state index in [1.165, 1.54) is 0 Å². The molecule has 4 nitrogen and oxygen atoms in total. The SMILES string of the molecule is CC1(CN=C(N)N2CCSCC2)CCOC1.I. The van der Waals surface area contributed by atoms with Gasteiger partial charge in [0, 0.05) is 36.6 Å². The van der Waals surface area contributed by atoms with Gasteiger partial charge in [-0.25, -0.2) is 0 Å². The van der Waals surface area contributed by atoms with Crippen LogP contribution in [0.1, 0.15) is 13.3 Å². The van der Waals surface area contributed by atoms with Gasteiger partial charge in [-0.2, -0.15) is 11.8 Å². The van der Waals surface area contributed by atoms with Gasteiger partial charge in [0.05, 0.1) is 13.2 Å². The van der Waals surface area contributed by atoms with Gasteiger partial charge in [-0.3, -0.25) is 4.99 Å². The average molecular weight is 371 g/mol. The maximum atomic E-state index is 6.01. The molecule has 2 heterocycles. The third-order valence-electron chi connectivity index (χ3n) is 3.26. The molecule has 0 aromatic heterocycles. The molecule has 2 rings (SSSR count). The molecule has 2 aliphatic heterocycles. The van der Waals surface area contributed by atoms with Crippen molar-refractivity contribution in [3.63, 3.8) is 0 Å². The smallest absolute Gasteiger partial charge is 0.191 e. The minimum Gasteiger partial charge on any atom is -0.381 e. The summed E-state index contributed by atoms with van der Waals surface area (Å²) in [5.74, 6) is 3.04. The van der Waals surface area contributed by atoms with Crippen molar-refractivity contribution < 1.29 is 4.74 Å². The topological polar surface area (TPSA) is 50.8 Å². The molecule has 2 aliphatic rings. The molecule has 0 radical (unpaired) electrons. The Bertz CT molecular complexity index is 263. The molecule has 0 saturated carbocycles. The van der Waals surface area contributed by atoms with E-state index in [-0.39, 0.29) is 29.4 Å². The van der Waals surface area contributed by atoms with E-state index in [4.69, 9.17) is 10.5 Å². The zero-order chi connectivity index (χ0) is 11.4. The van der Waals surface area contributed by atoms with Crippen LogP contribution >= 0.6 is 35.7 Å². The molecule has 2 N–H and O–H groups in total. The number of hydrogen-bond acceptors (Lipinski definition) is 3. The standard InChI is InChI=1S/C11H21N3OS.HI/c1-11(2-5-15-9-11)8-13-10(12)14-3-6-16-7-4-14;/h2-9H2,1H3,(H2,12,13);1H. The Hall–Kier alpha value is 0.310. The van der Waals surface area contributed by atoms with Crippen LogP contribution < -0.4 is 5.73 Å². The van der Waals surface area contributed by atoms with Crippen LogP contribution in [-0.4, -0.2) is 55.2 Å². The molecule has 0 bridgehead atoms. The van der Waals surface area contributed by atoms with Crippen LogP contribution in [0.2, 0.25) is 0 Å². The highest BCUT2D eigenvalue weighted by molar-refractivity contribution is 14.0. The molecule has 6 heteroatoms. The van der Waals surface area contributed by atoms with Gasteiger partial charge in [0.15, 0.2) is 5.96 Å². The fraction of sp³-hybridized carbons (Fsp3) is 0.909. The molecule has 17 heavy (non-hydrogen) atoms. The second kappa shape index (κ2) is 7.04. The van der Waals surface area contributed by atoms with Crippen molar-refractivity contribution in [1.82, 2.24) is 4.90 Å². The number of nitrogens with two attached hydrogens (primary N) is 1. The van der Waals surface area contributed by atoms with Crippen LogP contribution in [-0.2, 0) is 4.74 Å². The van der Waals surface area contributed by atoms with Crippen LogP contribution in [0, 0.1) is 5.41 Å². The third kappa shape index (κ3) is 4.48. The highest BCUT2D eigenvalue weighted by atomic mass is 127. The lowest BCUT2D eigenvalue weighted by molar-refractivity contribution is 0.162. The lowest BCUT2D eigenvalue weighted by Gasteiger charge is -2.28. The summed E-state index contributed by atoms with van der Waals surface area (Å²) in [6.45, 7) is 6.78. The van der Waals surface area contributed by atoms with Gasteiger partial charge in [-0.1, -0.05) is 6.92 Å². The second-order valence-corrected chi connectivity index (χ2v) is 6.11. The van der Waals surface area contributed by atoms with Gasteiger partial charge in [0.25, 0.3) is 0 Å². The van der Waals surface area contributed by atoms with Gasteiger partial charge >= 0.3 is 0 Å². The van der Waals surface area contributed by atoms with Gasteiger partial charge < -0.3 is 15.4 Å². The molecule has 1 unspecified atom stereocenters. The maximum Gasteiger partial charge on any atom is 0.191 e. The van der Waals surface area contributed by atoms with E-state index in [0.29, 0.717) is 5.96 Å². The van der Waals surface area contributed by atoms with Crippen LogP contribution in [0.5, 0.6) is 0 Å². The largest absolute Gasteiger partial charge is 0.381 e. The number of halogens is 1. The van der Waals surface area contributed by atoms with Crippen molar-refractivity contribution in [2.45, 2.75) is 13.3 Å². The Morgan fingerprint density at radius 3 is 2.76 bits per heavy atom. The van der Waals surface area contributed by atoms with Crippen molar-refractivity contribution >= 4 is 41.7 Å². The maximum absolute atomic E-state index is 6.01. The number of rotatable bonds is 2. The Morgan fingerprint density at radius 2 is 2.18 bits per heavy atom. The summed E-state index contributed by atoms with van der Waals surface area (Å²) in [7, 11) is 0. The zero-order valence-electron chi connectivity index (χ0n) is 10.4. The van der Waals surface area contributed by atoms with E-state index in [1.807, 2.05) is 11.8 Å². The first kappa shape index (κ1) is 15.4. The minimum atomic E-state index is 0. The predicted molar refractivity (Wildman–Crippen MR) is 84.3 cm³/mol. The molecule has 100 valence electrons. The molecule has 0 aromatic rings. The molecule has 0 aromatic carbocycles. The summed E-state index contributed by atoms with van der Waals surface area (Å²) >= 11 is 1.99. The van der Waals surface area contributed by atoms with Gasteiger partial charge in [0.1, 0.15) is 0 Å². The van der Waals surface area contributed by atoms with Crippen LogP contribution in [0.15, 0.2) is 4.99 Å². The molecule has 2 fully saturated rings. The lowest BCUT2D eigenvalue weighted by Crippen LogP contribution is -2.43. The molecule has 0 aliphatic carbocycles. The van der Waals surface area contributed by atoms with E-state index in [2.05, 4.69) is 16.8 Å². The molecule has 1 atom stereocenters. The van der Waals surface area contributed by atoms with Crippen molar-refractivity contribution in [3.05, 3.63) is 0 Å². The van der Waals surface area contributed by atoms with E-state index < -0.39 is 0 Å². The van der Waals surface area contributed by atoms with Crippen molar-refractivity contribution in [1.29, 1.82) is 0 Å². The van der Waals surface area contributed by atoms with E-state index in [0.717, 1.165) is 50.8 Å². The summed E-state index contributed by atoms with van der Waals surface area (Å²) in [4.78, 5) is 6.72. The summed E-state index contributed by atoms with van der Waals surface area (Å²) in [6.07, 6.45) is 1.10. The normalized spacial score (nSPS) is 30.2. The molecule has 2 saturated heterocycles. The molecular formula is C11H22IN3OS. The minimum absolute atomic E-state index is 0. The van der Waals surface area contributed by atoms with E-state index in [9.17, 15) is 0 Å². The first-order chi connectivity index (χ1) is 7.70. The Kier molecular flexibility index (Phi) is 6.36. The number of nitrogens with zero attached hydrogens (tertiary/aromatic N) is 2. The molecular weight excluding hydrogens is 349 g/mol. The first-order valence-electron chi connectivity index (χ1n) is 5.90. The third-order valence-corrected chi connectivity index (χ3v) is 4.20. The van der Waals surface area contributed by atoms with Gasteiger partial charge in [0.2, 0.25) is 0 Å². The Balaban J connectivity index is 0.00000144. The Labute approximate surface area is 125 Å². The van der Waals surface area contributed by atoms with E-state index in [1.54, 1.807) is 0 Å². The summed E-state index contributed by atoms with van der Waals surface area (Å²) in [5, 5.41) is 0. The number of ether oxygens (including phenoxy) is 1. The Morgan fingerprint density at radius 1 is 1.47 bits per heavy atom. The average Bonchev–Trinajstić information content (AvgIpc) is 2.75. The van der Waals surface area contributed by atoms with Crippen LogP contribution in [0.25, 0.3) is 0 Å². The van der Waals surface area contributed by atoms with Gasteiger partial charge in [-0.05, 0) is 6.42 Å².